The lowest BCUT2D eigenvalue weighted by atomic mass is 10.1. The molecule has 3 aromatic rings. The number of esters is 1. The maximum atomic E-state index is 12.2. The molecule has 0 aliphatic carbocycles. The van der Waals surface area contributed by atoms with Gasteiger partial charge in [-0.05, 0) is 44.2 Å². The van der Waals surface area contributed by atoms with Crippen LogP contribution in [-0.2, 0) is 11.3 Å². The molecule has 25 heavy (non-hydrogen) atoms. The minimum Gasteiger partial charge on any atom is -0.489 e. The van der Waals surface area contributed by atoms with Gasteiger partial charge in [0, 0.05) is 21.0 Å². The van der Waals surface area contributed by atoms with Gasteiger partial charge in [-0.2, -0.15) is 0 Å². The zero-order chi connectivity index (χ0) is 18.0. The minimum absolute atomic E-state index is 0.285. The van der Waals surface area contributed by atoms with Gasteiger partial charge in [0.1, 0.15) is 29.3 Å². The van der Waals surface area contributed by atoms with Crippen molar-refractivity contribution in [1.82, 2.24) is 0 Å². The fourth-order valence-electron chi connectivity index (χ4n) is 2.55. The molecule has 0 saturated heterocycles. The lowest BCUT2D eigenvalue weighted by Crippen LogP contribution is -2.05. The van der Waals surface area contributed by atoms with Gasteiger partial charge in [-0.1, -0.05) is 29.3 Å². The Morgan fingerprint density at radius 2 is 1.96 bits per heavy atom. The topological polar surface area (TPSA) is 48.7 Å². The van der Waals surface area contributed by atoms with Crippen LogP contribution in [0.3, 0.4) is 0 Å². The third-order valence-electron chi connectivity index (χ3n) is 3.72. The number of furan rings is 1. The summed E-state index contributed by atoms with van der Waals surface area (Å²) in [5.74, 6) is 0.716. The summed E-state index contributed by atoms with van der Waals surface area (Å²) in [5.41, 5.74) is 1.85. The molecular formula is C19H16Cl2O4. The van der Waals surface area contributed by atoms with Gasteiger partial charge in [0.05, 0.1) is 6.61 Å². The zero-order valence-corrected chi connectivity index (χ0v) is 15.3. The van der Waals surface area contributed by atoms with Gasteiger partial charge >= 0.3 is 5.97 Å². The van der Waals surface area contributed by atoms with Crippen molar-refractivity contribution in [3.05, 3.63) is 63.3 Å². The maximum absolute atomic E-state index is 12.2. The molecule has 0 bridgehead atoms. The Bertz CT molecular complexity index is 931. The van der Waals surface area contributed by atoms with Crippen molar-refractivity contribution in [3.8, 4) is 5.75 Å². The molecule has 0 saturated carbocycles. The Hall–Kier alpha value is -2.17. The van der Waals surface area contributed by atoms with Crippen molar-refractivity contribution in [2.24, 2.45) is 0 Å². The van der Waals surface area contributed by atoms with Gasteiger partial charge in [-0.3, -0.25) is 0 Å². The van der Waals surface area contributed by atoms with Crippen LogP contribution in [0, 0.1) is 6.92 Å². The number of fused-ring (bicyclic) bond motifs is 1. The van der Waals surface area contributed by atoms with Crippen LogP contribution in [0.25, 0.3) is 11.0 Å². The van der Waals surface area contributed by atoms with Crippen LogP contribution in [0.5, 0.6) is 5.75 Å². The molecule has 0 radical (unpaired) electrons. The molecule has 0 N–H and O–H groups in total. The van der Waals surface area contributed by atoms with Crippen LogP contribution in [0.2, 0.25) is 10.0 Å². The van der Waals surface area contributed by atoms with E-state index in [1.807, 2.05) is 6.07 Å². The van der Waals surface area contributed by atoms with E-state index in [1.165, 1.54) is 0 Å². The summed E-state index contributed by atoms with van der Waals surface area (Å²) in [4.78, 5) is 12.2. The average molecular weight is 379 g/mol. The summed E-state index contributed by atoms with van der Waals surface area (Å²) >= 11 is 12.1. The highest BCUT2D eigenvalue weighted by molar-refractivity contribution is 6.35. The summed E-state index contributed by atoms with van der Waals surface area (Å²) in [6, 6.07) is 10.6. The van der Waals surface area contributed by atoms with Crippen LogP contribution in [0.1, 0.15) is 28.6 Å². The Morgan fingerprint density at radius 1 is 1.16 bits per heavy atom. The second-order valence-electron chi connectivity index (χ2n) is 5.44. The van der Waals surface area contributed by atoms with E-state index in [9.17, 15) is 4.79 Å². The lowest BCUT2D eigenvalue weighted by Gasteiger charge is -2.08. The van der Waals surface area contributed by atoms with E-state index in [0.29, 0.717) is 44.7 Å². The molecule has 0 atom stereocenters. The van der Waals surface area contributed by atoms with Crippen molar-refractivity contribution >= 4 is 40.1 Å². The number of hydrogen-bond acceptors (Lipinski definition) is 4. The molecule has 4 nitrogen and oxygen atoms in total. The number of aryl methyl sites for hydroxylation is 1. The summed E-state index contributed by atoms with van der Waals surface area (Å²) in [6.07, 6.45) is 0. The molecule has 0 unspecified atom stereocenters. The average Bonchev–Trinajstić information content (AvgIpc) is 2.89. The molecule has 2 aromatic carbocycles. The van der Waals surface area contributed by atoms with E-state index in [2.05, 4.69) is 0 Å². The minimum atomic E-state index is -0.406. The molecule has 0 aliphatic rings. The second kappa shape index (κ2) is 7.38. The van der Waals surface area contributed by atoms with Crippen molar-refractivity contribution in [2.75, 3.05) is 6.61 Å². The molecule has 1 heterocycles. The molecule has 0 aliphatic heterocycles. The lowest BCUT2D eigenvalue weighted by molar-refractivity contribution is 0.0526. The predicted octanol–water partition coefficient (Wildman–Crippen LogP) is 5.80. The smallest absolute Gasteiger partial charge is 0.342 e. The van der Waals surface area contributed by atoms with Crippen LogP contribution >= 0.6 is 23.2 Å². The van der Waals surface area contributed by atoms with E-state index in [4.69, 9.17) is 37.1 Å². The number of ether oxygens (including phenoxy) is 2. The molecule has 0 amide bonds. The highest BCUT2D eigenvalue weighted by Crippen LogP contribution is 2.30. The molecule has 6 heteroatoms. The van der Waals surface area contributed by atoms with Crippen molar-refractivity contribution in [3.63, 3.8) is 0 Å². The van der Waals surface area contributed by atoms with Crippen molar-refractivity contribution < 1.29 is 18.7 Å². The Balaban J connectivity index is 1.87. The fraction of sp³-hybridized carbons (Fsp3) is 0.211. The van der Waals surface area contributed by atoms with Crippen LogP contribution < -0.4 is 4.74 Å². The van der Waals surface area contributed by atoms with Crippen LogP contribution in [0.15, 0.2) is 40.8 Å². The van der Waals surface area contributed by atoms with Crippen LogP contribution in [0.4, 0.5) is 0 Å². The second-order valence-corrected chi connectivity index (χ2v) is 6.28. The first kappa shape index (κ1) is 17.6. The fourth-order valence-corrected chi connectivity index (χ4v) is 3.01. The van der Waals surface area contributed by atoms with Gasteiger partial charge in [0.15, 0.2) is 0 Å². The van der Waals surface area contributed by atoms with E-state index in [0.717, 1.165) is 5.56 Å². The Morgan fingerprint density at radius 3 is 2.68 bits per heavy atom. The standard InChI is InChI=1S/C19H16Cl2O4/c1-3-23-19(22)18-11(2)25-17-7-6-14(9-15(17)18)24-10-12-4-5-13(20)8-16(12)21/h4-9H,3,10H2,1-2H3. The largest absolute Gasteiger partial charge is 0.489 e. The zero-order valence-electron chi connectivity index (χ0n) is 13.8. The predicted molar refractivity (Wildman–Crippen MR) is 97.7 cm³/mol. The summed E-state index contributed by atoms with van der Waals surface area (Å²) < 4.78 is 16.5. The van der Waals surface area contributed by atoms with Crippen molar-refractivity contribution in [1.29, 1.82) is 0 Å². The quantitative estimate of drug-likeness (QED) is 0.526. The number of halogens is 2. The van der Waals surface area contributed by atoms with Gasteiger partial charge in [0.2, 0.25) is 0 Å². The maximum Gasteiger partial charge on any atom is 0.342 e. The molecule has 3 rings (SSSR count). The first-order valence-corrected chi connectivity index (χ1v) is 8.52. The molecule has 1 aromatic heterocycles. The Labute approximate surface area is 155 Å². The normalized spacial score (nSPS) is 10.9. The SMILES string of the molecule is CCOC(=O)c1c(C)oc2ccc(OCc3ccc(Cl)cc3Cl)cc12. The van der Waals surface area contributed by atoms with E-state index >= 15 is 0 Å². The summed E-state index contributed by atoms with van der Waals surface area (Å²) in [6.45, 7) is 4.09. The number of carbonyl (C=O) groups is 1. The number of benzene rings is 2. The van der Waals surface area contributed by atoms with E-state index in [1.54, 1.807) is 44.2 Å². The first-order chi connectivity index (χ1) is 12.0. The van der Waals surface area contributed by atoms with E-state index in [-0.39, 0.29) is 6.61 Å². The number of hydrogen-bond donors (Lipinski definition) is 0. The van der Waals surface area contributed by atoms with E-state index < -0.39 is 5.97 Å². The third kappa shape index (κ3) is 3.75. The Kier molecular flexibility index (Phi) is 5.21. The summed E-state index contributed by atoms with van der Waals surface area (Å²) in [5, 5.41) is 1.78. The monoisotopic (exact) mass is 378 g/mol. The number of carbonyl (C=O) groups excluding carboxylic acids is 1. The van der Waals surface area contributed by atoms with Gasteiger partial charge < -0.3 is 13.9 Å². The first-order valence-electron chi connectivity index (χ1n) is 7.76. The molecular weight excluding hydrogens is 363 g/mol. The highest BCUT2D eigenvalue weighted by atomic mass is 35.5. The van der Waals surface area contributed by atoms with Crippen LogP contribution in [-0.4, -0.2) is 12.6 Å². The summed E-state index contributed by atoms with van der Waals surface area (Å²) in [7, 11) is 0. The highest BCUT2D eigenvalue weighted by Gasteiger charge is 2.19. The van der Waals surface area contributed by atoms with Gasteiger partial charge in [0.25, 0.3) is 0 Å². The number of rotatable bonds is 5. The van der Waals surface area contributed by atoms with Gasteiger partial charge in [-0.25, -0.2) is 4.79 Å². The van der Waals surface area contributed by atoms with Gasteiger partial charge in [-0.15, -0.1) is 0 Å². The third-order valence-corrected chi connectivity index (χ3v) is 4.31. The molecule has 0 fully saturated rings. The molecule has 0 spiro atoms. The molecule has 130 valence electrons. The van der Waals surface area contributed by atoms with Crippen molar-refractivity contribution in [2.45, 2.75) is 20.5 Å².